The number of aromatic hydroxyl groups is 1. The van der Waals surface area contributed by atoms with Crippen LogP contribution in [0.4, 0.5) is 0 Å². The maximum atomic E-state index is 11.7. The molecule has 2 aromatic rings. The lowest BCUT2D eigenvalue weighted by Gasteiger charge is -2.11. The number of aromatic amines is 1. The van der Waals surface area contributed by atoms with Crippen LogP contribution in [0.3, 0.4) is 0 Å². The molecule has 1 aromatic carbocycles. The van der Waals surface area contributed by atoms with Crippen molar-refractivity contribution in [2.24, 2.45) is 0 Å². The Morgan fingerprint density at radius 1 is 1.11 bits per heavy atom. The Morgan fingerprint density at radius 3 is 2.17 bits per heavy atom. The third-order valence-corrected chi connectivity index (χ3v) is 3.04. The molecular formula is C14H16N2O2. The maximum absolute atomic E-state index is 11.7. The number of aromatic nitrogens is 2. The van der Waals surface area contributed by atoms with Crippen LogP contribution in [0.1, 0.15) is 22.3 Å². The molecular weight excluding hydrogens is 228 g/mol. The SMILES string of the molecule is Cc1cc(C)c(-c2nc(O)c(C)c(=O)[nH]2)c(C)c1. The molecule has 2 rings (SSSR count). The van der Waals surface area contributed by atoms with Gasteiger partial charge in [-0.15, -0.1) is 0 Å². The van der Waals surface area contributed by atoms with Gasteiger partial charge in [0.25, 0.3) is 5.56 Å². The summed E-state index contributed by atoms with van der Waals surface area (Å²) in [5, 5.41) is 9.65. The Labute approximate surface area is 105 Å². The summed E-state index contributed by atoms with van der Waals surface area (Å²) >= 11 is 0. The molecule has 4 nitrogen and oxygen atoms in total. The van der Waals surface area contributed by atoms with Crippen molar-refractivity contribution in [3.8, 4) is 17.3 Å². The van der Waals surface area contributed by atoms with Crippen LogP contribution in [0.25, 0.3) is 11.4 Å². The van der Waals surface area contributed by atoms with E-state index >= 15 is 0 Å². The molecule has 2 N–H and O–H groups in total. The van der Waals surface area contributed by atoms with Gasteiger partial charge in [0.2, 0.25) is 5.88 Å². The third kappa shape index (κ3) is 2.01. The van der Waals surface area contributed by atoms with Crippen molar-refractivity contribution in [1.29, 1.82) is 0 Å². The van der Waals surface area contributed by atoms with Crippen LogP contribution in [0, 0.1) is 27.7 Å². The number of aryl methyl sites for hydroxylation is 3. The van der Waals surface area contributed by atoms with E-state index in [2.05, 4.69) is 9.97 Å². The standard InChI is InChI=1S/C14H16N2O2/c1-7-5-8(2)11(9(3)6-7)12-15-13(17)10(4)14(18)16-12/h5-6H,1-4H3,(H2,15,16,17,18). The number of hydrogen-bond acceptors (Lipinski definition) is 3. The monoisotopic (exact) mass is 244 g/mol. The first-order chi connectivity index (χ1) is 8.40. The minimum Gasteiger partial charge on any atom is -0.493 e. The van der Waals surface area contributed by atoms with Gasteiger partial charge in [-0.1, -0.05) is 17.7 Å². The van der Waals surface area contributed by atoms with Crippen LogP contribution >= 0.6 is 0 Å². The Morgan fingerprint density at radius 2 is 1.67 bits per heavy atom. The Hall–Kier alpha value is -2.10. The van der Waals surface area contributed by atoms with Gasteiger partial charge in [0.1, 0.15) is 5.82 Å². The summed E-state index contributed by atoms with van der Waals surface area (Å²) in [6, 6.07) is 4.05. The highest BCUT2D eigenvalue weighted by Crippen LogP contribution is 2.26. The second-order valence-corrected chi connectivity index (χ2v) is 4.64. The molecule has 18 heavy (non-hydrogen) atoms. The lowest BCUT2D eigenvalue weighted by Crippen LogP contribution is -2.12. The van der Waals surface area contributed by atoms with Gasteiger partial charge in [0.15, 0.2) is 0 Å². The molecule has 0 fully saturated rings. The second-order valence-electron chi connectivity index (χ2n) is 4.64. The zero-order chi connectivity index (χ0) is 13.4. The van der Waals surface area contributed by atoms with Crippen molar-refractivity contribution < 1.29 is 5.11 Å². The highest BCUT2D eigenvalue weighted by atomic mass is 16.3. The molecule has 0 saturated heterocycles. The largest absolute Gasteiger partial charge is 0.493 e. The smallest absolute Gasteiger partial charge is 0.257 e. The molecule has 0 spiro atoms. The van der Waals surface area contributed by atoms with Gasteiger partial charge in [-0.25, -0.2) is 0 Å². The number of H-pyrrole nitrogens is 1. The zero-order valence-electron chi connectivity index (χ0n) is 11.0. The summed E-state index contributed by atoms with van der Waals surface area (Å²) in [4.78, 5) is 18.4. The van der Waals surface area contributed by atoms with Gasteiger partial charge in [-0.05, 0) is 38.8 Å². The molecule has 4 heteroatoms. The highest BCUT2D eigenvalue weighted by Gasteiger charge is 2.12. The lowest BCUT2D eigenvalue weighted by atomic mass is 9.99. The highest BCUT2D eigenvalue weighted by molar-refractivity contribution is 5.65. The second kappa shape index (κ2) is 4.29. The van der Waals surface area contributed by atoms with Crippen molar-refractivity contribution in [3.63, 3.8) is 0 Å². The predicted molar refractivity (Wildman–Crippen MR) is 70.9 cm³/mol. The van der Waals surface area contributed by atoms with E-state index in [-0.39, 0.29) is 17.0 Å². The number of nitrogens with one attached hydrogen (secondary N) is 1. The Bertz CT molecular complexity index is 649. The summed E-state index contributed by atoms with van der Waals surface area (Å²) in [5.74, 6) is 0.200. The van der Waals surface area contributed by atoms with E-state index in [0.29, 0.717) is 5.82 Å². The zero-order valence-corrected chi connectivity index (χ0v) is 11.0. The number of hydrogen-bond donors (Lipinski definition) is 2. The van der Waals surface area contributed by atoms with Crippen LogP contribution in [0.5, 0.6) is 5.88 Å². The maximum Gasteiger partial charge on any atom is 0.257 e. The van der Waals surface area contributed by atoms with Crippen molar-refractivity contribution in [1.82, 2.24) is 9.97 Å². The number of rotatable bonds is 1. The molecule has 0 unspecified atom stereocenters. The lowest BCUT2D eigenvalue weighted by molar-refractivity contribution is 0.447. The Kier molecular flexibility index (Phi) is 2.95. The van der Waals surface area contributed by atoms with E-state index in [4.69, 9.17) is 0 Å². The first kappa shape index (κ1) is 12.4. The van der Waals surface area contributed by atoms with Crippen LogP contribution in [-0.2, 0) is 0 Å². The normalized spacial score (nSPS) is 10.7. The van der Waals surface area contributed by atoms with Crippen LogP contribution in [-0.4, -0.2) is 15.1 Å². The summed E-state index contributed by atoms with van der Waals surface area (Å²) in [5.41, 5.74) is 4.01. The van der Waals surface area contributed by atoms with Gasteiger partial charge < -0.3 is 10.1 Å². The van der Waals surface area contributed by atoms with E-state index in [0.717, 1.165) is 22.3 Å². The van der Waals surface area contributed by atoms with Crippen LogP contribution in [0.15, 0.2) is 16.9 Å². The molecule has 0 aliphatic heterocycles. The van der Waals surface area contributed by atoms with Crippen molar-refractivity contribution in [2.75, 3.05) is 0 Å². The van der Waals surface area contributed by atoms with Crippen LogP contribution < -0.4 is 5.56 Å². The van der Waals surface area contributed by atoms with E-state index in [9.17, 15) is 9.90 Å². The molecule has 1 aromatic heterocycles. The van der Waals surface area contributed by atoms with Gasteiger partial charge in [0.05, 0.1) is 5.56 Å². The molecule has 0 aliphatic rings. The first-order valence-electron chi connectivity index (χ1n) is 5.78. The topological polar surface area (TPSA) is 66.0 Å². The summed E-state index contributed by atoms with van der Waals surface area (Å²) < 4.78 is 0. The fourth-order valence-electron chi connectivity index (χ4n) is 2.19. The fourth-order valence-corrected chi connectivity index (χ4v) is 2.19. The molecule has 0 aliphatic carbocycles. The minimum atomic E-state index is -0.308. The van der Waals surface area contributed by atoms with Crippen molar-refractivity contribution >= 4 is 0 Å². The van der Waals surface area contributed by atoms with E-state index in [1.807, 2.05) is 32.9 Å². The molecule has 0 amide bonds. The molecule has 0 saturated carbocycles. The summed E-state index contributed by atoms with van der Waals surface area (Å²) in [6.45, 7) is 7.49. The van der Waals surface area contributed by atoms with Crippen molar-refractivity contribution in [2.45, 2.75) is 27.7 Å². The fraction of sp³-hybridized carbons (Fsp3) is 0.286. The van der Waals surface area contributed by atoms with Gasteiger partial charge in [-0.3, -0.25) is 4.79 Å². The van der Waals surface area contributed by atoms with E-state index in [1.54, 1.807) is 6.92 Å². The minimum absolute atomic E-state index is 0.215. The quantitative estimate of drug-likeness (QED) is 0.809. The van der Waals surface area contributed by atoms with Crippen molar-refractivity contribution in [3.05, 3.63) is 44.7 Å². The molecule has 1 heterocycles. The van der Waals surface area contributed by atoms with Crippen LogP contribution in [0.2, 0.25) is 0 Å². The number of benzene rings is 1. The van der Waals surface area contributed by atoms with E-state index < -0.39 is 0 Å². The van der Waals surface area contributed by atoms with Gasteiger partial charge in [0, 0.05) is 5.56 Å². The van der Waals surface area contributed by atoms with Gasteiger partial charge >= 0.3 is 0 Å². The average Bonchev–Trinajstić information content (AvgIpc) is 2.24. The Balaban J connectivity index is 2.74. The molecule has 0 atom stereocenters. The average molecular weight is 244 g/mol. The molecule has 0 radical (unpaired) electrons. The third-order valence-electron chi connectivity index (χ3n) is 3.04. The van der Waals surface area contributed by atoms with Gasteiger partial charge in [-0.2, -0.15) is 4.98 Å². The first-order valence-corrected chi connectivity index (χ1v) is 5.78. The number of nitrogens with zero attached hydrogens (tertiary/aromatic N) is 1. The molecule has 0 bridgehead atoms. The van der Waals surface area contributed by atoms with E-state index in [1.165, 1.54) is 0 Å². The predicted octanol–water partition coefficient (Wildman–Crippen LogP) is 2.38. The molecule has 94 valence electrons. The summed E-state index contributed by atoms with van der Waals surface area (Å²) in [6.07, 6.45) is 0. The summed E-state index contributed by atoms with van der Waals surface area (Å²) in [7, 11) is 0.